The molecular formula is C21H26ClN5O. The molecule has 0 radical (unpaired) electrons. The molecule has 2 atom stereocenters. The predicted octanol–water partition coefficient (Wildman–Crippen LogP) is 3.55. The van der Waals surface area contributed by atoms with Gasteiger partial charge in [-0.15, -0.1) is 0 Å². The highest BCUT2D eigenvalue weighted by atomic mass is 35.5. The van der Waals surface area contributed by atoms with Crippen LogP contribution >= 0.6 is 11.6 Å². The first-order valence-corrected chi connectivity index (χ1v) is 10.3. The fourth-order valence-electron chi connectivity index (χ4n) is 4.16. The molecule has 28 heavy (non-hydrogen) atoms. The van der Waals surface area contributed by atoms with Crippen molar-refractivity contribution in [2.24, 2.45) is 0 Å². The summed E-state index contributed by atoms with van der Waals surface area (Å²) >= 11 is 6.43. The number of nitrogens with one attached hydrogen (secondary N) is 1. The van der Waals surface area contributed by atoms with Gasteiger partial charge >= 0.3 is 0 Å². The van der Waals surface area contributed by atoms with Crippen molar-refractivity contribution < 1.29 is 4.79 Å². The van der Waals surface area contributed by atoms with E-state index in [-0.39, 0.29) is 11.9 Å². The smallest absolute Gasteiger partial charge is 0.224 e. The summed E-state index contributed by atoms with van der Waals surface area (Å²) in [4.78, 5) is 24.9. The molecule has 0 saturated carbocycles. The second-order valence-electron chi connectivity index (χ2n) is 7.66. The second-order valence-corrected chi connectivity index (χ2v) is 8.06. The van der Waals surface area contributed by atoms with E-state index in [1.807, 2.05) is 11.0 Å². The minimum atomic E-state index is 0.119. The van der Waals surface area contributed by atoms with Gasteiger partial charge in [0.05, 0.1) is 6.20 Å². The van der Waals surface area contributed by atoms with Crippen LogP contribution in [0.3, 0.4) is 0 Å². The van der Waals surface area contributed by atoms with Crippen LogP contribution in [0.5, 0.6) is 0 Å². The summed E-state index contributed by atoms with van der Waals surface area (Å²) in [5.41, 5.74) is 1.36. The number of hydrogen-bond acceptors (Lipinski definition) is 5. The van der Waals surface area contributed by atoms with E-state index in [1.165, 1.54) is 5.56 Å². The first kappa shape index (κ1) is 19.0. The van der Waals surface area contributed by atoms with Gasteiger partial charge in [0.1, 0.15) is 5.02 Å². The Morgan fingerprint density at radius 2 is 2.00 bits per heavy atom. The highest BCUT2D eigenvalue weighted by molar-refractivity contribution is 6.32. The summed E-state index contributed by atoms with van der Waals surface area (Å²) in [5.74, 6) is 1.98. The summed E-state index contributed by atoms with van der Waals surface area (Å²) in [5, 5.41) is 3.98. The molecule has 1 N–H and O–H groups in total. The molecule has 3 heterocycles. The summed E-state index contributed by atoms with van der Waals surface area (Å²) in [6.45, 7) is 4.97. The van der Waals surface area contributed by atoms with Gasteiger partial charge in [0.2, 0.25) is 11.9 Å². The first-order valence-electron chi connectivity index (χ1n) is 9.94. The maximum atomic E-state index is 11.7. The zero-order valence-electron chi connectivity index (χ0n) is 16.1. The molecule has 2 saturated heterocycles. The SMILES string of the molecule is CC(=O)N1CCC[C@H](Nc2ncc(Cl)c(N3CCC(c4ccccc4)C3)n2)C1. The minimum Gasteiger partial charge on any atom is -0.355 e. The lowest BCUT2D eigenvalue weighted by Gasteiger charge is -2.32. The standard InChI is InChI=1S/C21H26ClN5O/c1-15(28)26-10-5-8-18(14-26)24-21-23-12-19(22)20(25-21)27-11-9-17(13-27)16-6-3-2-4-7-16/h2-4,6-7,12,17-18H,5,8-11,13-14H2,1H3,(H,23,24,25)/t17?,18-/m0/s1. The van der Waals surface area contributed by atoms with Crippen molar-refractivity contribution >= 4 is 29.3 Å². The second kappa shape index (κ2) is 8.35. The van der Waals surface area contributed by atoms with Gasteiger partial charge < -0.3 is 15.1 Å². The number of carbonyl (C=O) groups is 1. The predicted molar refractivity (Wildman–Crippen MR) is 112 cm³/mol. The van der Waals surface area contributed by atoms with E-state index < -0.39 is 0 Å². The number of halogens is 1. The van der Waals surface area contributed by atoms with Gasteiger partial charge in [-0.05, 0) is 24.8 Å². The van der Waals surface area contributed by atoms with Gasteiger partial charge in [-0.1, -0.05) is 41.9 Å². The maximum Gasteiger partial charge on any atom is 0.224 e. The van der Waals surface area contributed by atoms with Gasteiger partial charge in [-0.2, -0.15) is 4.98 Å². The molecule has 1 amide bonds. The van der Waals surface area contributed by atoms with Crippen LogP contribution in [0.4, 0.5) is 11.8 Å². The van der Waals surface area contributed by atoms with Gasteiger partial charge in [0.15, 0.2) is 5.82 Å². The van der Waals surface area contributed by atoms with Crippen molar-refractivity contribution in [1.82, 2.24) is 14.9 Å². The fraction of sp³-hybridized carbons (Fsp3) is 0.476. The number of rotatable bonds is 4. The number of hydrogen-bond donors (Lipinski definition) is 1. The Kier molecular flexibility index (Phi) is 5.67. The molecule has 0 aliphatic carbocycles. The zero-order valence-corrected chi connectivity index (χ0v) is 16.9. The quantitative estimate of drug-likeness (QED) is 0.851. The molecule has 4 rings (SSSR count). The van der Waals surface area contributed by atoms with Crippen molar-refractivity contribution in [2.75, 3.05) is 36.4 Å². The monoisotopic (exact) mass is 399 g/mol. The van der Waals surface area contributed by atoms with E-state index in [9.17, 15) is 4.79 Å². The van der Waals surface area contributed by atoms with Crippen molar-refractivity contribution in [1.29, 1.82) is 0 Å². The van der Waals surface area contributed by atoms with Gasteiger partial charge in [-0.3, -0.25) is 4.79 Å². The summed E-state index contributed by atoms with van der Waals surface area (Å²) in [7, 11) is 0. The van der Waals surface area contributed by atoms with Crippen LogP contribution < -0.4 is 10.2 Å². The number of nitrogens with zero attached hydrogens (tertiary/aromatic N) is 4. The first-order chi connectivity index (χ1) is 13.6. The summed E-state index contributed by atoms with van der Waals surface area (Å²) < 4.78 is 0. The van der Waals surface area contributed by atoms with Crippen LogP contribution in [0.15, 0.2) is 36.5 Å². The highest BCUT2D eigenvalue weighted by Crippen LogP contribution is 2.33. The third kappa shape index (κ3) is 4.22. The Bertz CT molecular complexity index is 831. The lowest BCUT2D eigenvalue weighted by molar-refractivity contribution is -0.129. The number of amides is 1. The molecule has 0 spiro atoms. The third-order valence-corrected chi connectivity index (χ3v) is 5.95. The molecule has 2 fully saturated rings. The number of piperidine rings is 1. The Morgan fingerprint density at radius 3 is 2.79 bits per heavy atom. The van der Waals surface area contributed by atoms with Crippen molar-refractivity contribution in [3.63, 3.8) is 0 Å². The Labute approximate surface area is 170 Å². The van der Waals surface area contributed by atoms with Crippen molar-refractivity contribution in [2.45, 2.75) is 38.1 Å². The molecule has 0 bridgehead atoms. The molecule has 2 aliphatic rings. The molecule has 1 aromatic heterocycles. The molecule has 1 aromatic carbocycles. The minimum absolute atomic E-state index is 0.119. The average molecular weight is 400 g/mol. The Morgan fingerprint density at radius 1 is 1.18 bits per heavy atom. The molecule has 148 valence electrons. The van der Waals surface area contributed by atoms with E-state index in [0.29, 0.717) is 23.4 Å². The topological polar surface area (TPSA) is 61.4 Å². The molecule has 2 aromatic rings. The van der Waals surface area contributed by atoms with Gasteiger partial charge in [0, 0.05) is 45.1 Å². The van der Waals surface area contributed by atoms with Crippen LogP contribution in [0.25, 0.3) is 0 Å². The van der Waals surface area contributed by atoms with E-state index in [4.69, 9.17) is 16.6 Å². The van der Waals surface area contributed by atoms with Gasteiger partial charge in [-0.25, -0.2) is 4.98 Å². The Hall–Kier alpha value is -2.34. The van der Waals surface area contributed by atoms with Crippen molar-refractivity contribution in [3.05, 3.63) is 47.1 Å². The van der Waals surface area contributed by atoms with E-state index in [2.05, 4.69) is 39.5 Å². The summed E-state index contributed by atoms with van der Waals surface area (Å²) in [6.07, 6.45) is 4.75. The molecular weight excluding hydrogens is 374 g/mol. The third-order valence-electron chi connectivity index (χ3n) is 5.68. The number of anilines is 2. The van der Waals surface area contributed by atoms with Gasteiger partial charge in [0.25, 0.3) is 0 Å². The van der Waals surface area contributed by atoms with E-state index in [0.717, 1.165) is 44.7 Å². The number of likely N-dealkylation sites (tertiary alicyclic amines) is 1. The molecule has 7 heteroatoms. The van der Waals surface area contributed by atoms with Crippen LogP contribution in [-0.4, -0.2) is 53.0 Å². The van der Waals surface area contributed by atoms with Crippen LogP contribution in [-0.2, 0) is 4.79 Å². The van der Waals surface area contributed by atoms with Crippen LogP contribution in [0, 0.1) is 0 Å². The number of aromatic nitrogens is 2. The molecule has 1 unspecified atom stereocenters. The van der Waals surface area contributed by atoms with E-state index >= 15 is 0 Å². The zero-order chi connectivity index (χ0) is 19.5. The molecule has 2 aliphatic heterocycles. The lowest BCUT2D eigenvalue weighted by Crippen LogP contribution is -2.44. The number of benzene rings is 1. The summed E-state index contributed by atoms with van der Waals surface area (Å²) in [6, 6.07) is 10.8. The lowest BCUT2D eigenvalue weighted by atomic mass is 9.99. The van der Waals surface area contributed by atoms with E-state index in [1.54, 1.807) is 13.1 Å². The normalized spacial score (nSPS) is 22.4. The highest BCUT2D eigenvalue weighted by Gasteiger charge is 2.27. The largest absolute Gasteiger partial charge is 0.355 e. The van der Waals surface area contributed by atoms with Crippen LogP contribution in [0.2, 0.25) is 5.02 Å². The van der Waals surface area contributed by atoms with Crippen molar-refractivity contribution in [3.8, 4) is 0 Å². The average Bonchev–Trinajstić information content (AvgIpc) is 3.20. The fourth-order valence-corrected chi connectivity index (χ4v) is 4.37. The number of carbonyl (C=O) groups excluding carboxylic acids is 1. The van der Waals surface area contributed by atoms with Crippen LogP contribution in [0.1, 0.15) is 37.7 Å². The Balaban J connectivity index is 1.45. The molecule has 6 nitrogen and oxygen atoms in total. The maximum absolute atomic E-state index is 11.7.